The second-order valence-corrected chi connectivity index (χ2v) is 6.97. The third-order valence-electron chi connectivity index (χ3n) is 4.46. The van der Waals surface area contributed by atoms with Crippen LogP contribution in [-0.2, 0) is 6.42 Å². The van der Waals surface area contributed by atoms with Gasteiger partial charge in [-0.2, -0.15) is 0 Å². The summed E-state index contributed by atoms with van der Waals surface area (Å²) >= 11 is 1.95. The highest BCUT2D eigenvalue weighted by Crippen LogP contribution is 2.36. The standard InChI is InChI=1S/C14H24N4S/c1-15-10-5-4-6-12-13(10)16-14(19-12)11-9-17(2)7-8-18(11)3/h10-11,15H,4-9H2,1-3H3. The fourth-order valence-corrected chi connectivity index (χ4v) is 4.46. The number of nitrogens with zero attached hydrogens (tertiary/aromatic N) is 3. The van der Waals surface area contributed by atoms with Gasteiger partial charge < -0.3 is 10.2 Å². The van der Waals surface area contributed by atoms with Gasteiger partial charge in [-0.1, -0.05) is 0 Å². The Bertz CT molecular complexity index is 445. The van der Waals surface area contributed by atoms with E-state index in [-0.39, 0.29) is 0 Å². The van der Waals surface area contributed by atoms with Crippen LogP contribution in [0.1, 0.15) is 40.5 Å². The predicted octanol–water partition coefficient (Wildman–Crippen LogP) is 1.66. The molecule has 1 saturated heterocycles. The van der Waals surface area contributed by atoms with E-state index in [1.807, 2.05) is 11.3 Å². The van der Waals surface area contributed by atoms with Crippen molar-refractivity contribution in [3.8, 4) is 0 Å². The molecule has 2 unspecified atom stereocenters. The molecule has 3 rings (SSSR count). The van der Waals surface area contributed by atoms with Gasteiger partial charge in [0.25, 0.3) is 0 Å². The molecule has 2 aliphatic rings. The number of likely N-dealkylation sites (N-methyl/N-ethyl adjacent to an activating group) is 2. The number of piperazine rings is 1. The van der Waals surface area contributed by atoms with E-state index in [0.29, 0.717) is 12.1 Å². The van der Waals surface area contributed by atoms with Gasteiger partial charge >= 0.3 is 0 Å². The second kappa shape index (κ2) is 5.48. The molecule has 1 aliphatic carbocycles. The van der Waals surface area contributed by atoms with Crippen LogP contribution in [0.5, 0.6) is 0 Å². The maximum absolute atomic E-state index is 5.00. The maximum atomic E-state index is 5.00. The number of rotatable bonds is 2. The molecule has 0 bridgehead atoms. The van der Waals surface area contributed by atoms with Crippen molar-refractivity contribution in [2.75, 3.05) is 40.8 Å². The molecule has 0 radical (unpaired) electrons. The van der Waals surface area contributed by atoms with Gasteiger partial charge in [-0.05, 0) is 40.4 Å². The van der Waals surface area contributed by atoms with Gasteiger partial charge in [0.2, 0.25) is 0 Å². The Hall–Kier alpha value is -0.490. The second-order valence-electron chi connectivity index (χ2n) is 5.85. The van der Waals surface area contributed by atoms with E-state index in [4.69, 9.17) is 4.98 Å². The van der Waals surface area contributed by atoms with Crippen molar-refractivity contribution >= 4 is 11.3 Å². The van der Waals surface area contributed by atoms with E-state index in [2.05, 4.69) is 36.3 Å². The highest BCUT2D eigenvalue weighted by atomic mass is 32.1. The van der Waals surface area contributed by atoms with Crippen LogP contribution in [0.15, 0.2) is 0 Å². The van der Waals surface area contributed by atoms with E-state index >= 15 is 0 Å². The molecule has 1 aromatic rings. The molecular formula is C14H24N4S. The smallest absolute Gasteiger partial charge is 0.112 e. The highest BCUT2D eigenvalue weighted by molar-refractivity contribution is 7.11. The molecule has 2 heterocycles. The first-order valence-electron chi connectivity index (χ1n) is 7.24. The third kappa shape index (κ3) is 2.57. The molecule has 0 saturated carbocycles. The SMILES string of the molecule is CNC1CCCc2sc(C3CN(C)CCN3C)nc21. The van der Waals surface area contributed by atoms with Gasteiger partial charge in [0.15, 0.2) is 0 Å². The first-order chi connectivity index (χ1) is 9.19. The Morgan fingerprint density at radius 2 is 2.16 bits per heavy atom. The van der Waals surface area contributed by atoms with Crippen molar-refractivity contribution in [2.24, 2.45) is 0 Å². The van der Waals surface area contributed by atoms with Crippen molar-refractivity contribution in [2.45, 2.75) is 31.3 Å². The monoisotopic (exact) mass is 280 g/mol. The van der Waals surface area contributed by atoms with Gasteiger partial charge in [-0.15, -0.1) is 11.3 Å². The summed E-state index contributed by atoms with van der Waals surface area (Å²) in [7, 11) is 6.50. The summed E-state index contributed by atoms with van der Waals surface area (Å²) in [6.07, 6.45) is 3.74. The number of fused-ring (bicyclic) bond motifs is 1. The highest BCUT2D eigenvalue weighted by Gasteiger charge is 2.30. The minimum absolute atomic E-state index is 0.473. The Balaban J connectivity index is 1.87. The molecule has 0 spiro atoms. The Labute approximate surface area is 119 Å². The van der Waals surface area contributed by atoms with Gasteiger partial charge in [0.05, 0.1) is 17.8 Å². The molecule has 0 amide bonds. The molecule has 2 atom stereocenters. The Kier molecular flexibility index (Phi) is 3.89. The molecule has 4 nitrogen and oxygen atoms in total. The number of aryl methyl sites for hydroxylation is 1. The van der Waals surface area contributed by atoms with E-state index < -0.39 is 0 Å². The zero-order chi connectivity index (χ0) is 13.4. The summed E-state index contributed by atoms with van der Waals surface area (Å²) in [5.74, 6) is 0. The lowest BCUT2D eigenvalue weighted by atomic mass is 9.98. The normalized spacial score (nSPS) is 29.4. The molecule has 19 heavy (non-hydrogen) atoms. The van der Waals surface area contributed by atoms with Crippen molar-refractivity contribution in [3.63, 3.8) is 0 Å². The van der Waals surface area contributed by atoms with Crippen LogP contribution in [0.3, 0.4) is 0 Å². The number of hydrogen-bond donors (Lipinski definition) is 1. The minimum Gasteiger partial charge on any atom is -0.312 e. The molecular weight excluding hydrogens is 256 g/mol. The van der Waals surface area contributed by atoms with E-state index in [0.717, 1.165) is 19.6 Å². The molecule has 1 aromatic heterocycles. The van der Waals surface area contributed by atoms with Crippen LogP contribution in [0.2, 0.25) is 0 Å². The lowest BCUT2D eigenvalue weighted by Crippen LogP contribution is -2.44. The van der Waals surface area contributed by atoms with Crippen LogP contribution in [0.25, 0.3) is 0 Å². The Morgan fingerprint density at radius 1 is 1.32 bits per heavy atom. The summed E-state index contributed by atoms with van der Waals surface area (Å²) in [6, 6.07) is 0.951. The molecule has 1 aliphatic heterocycles. The molecule has 0 aromatic carbocycles. The topological polar surface area (TPSA) is 31.4 Å². The quantitative estimate of drug-likeness (QED) is 0.893. The Morgan fingerprint density at radius 3 is 2.95 bits per heavy atom. The third-order valence-corrected chi connectivity index (χ3v) is 5.69. The number of hydrogen-bond acceptors (Lipinski definition) is 5. The average Bonchev–Trinajstić information content (AvgIpc) is 2.85. The van der Waals surface area contributed by atoms with E-state index in [1.54, 1.807) is 0 Å². The molecule has 106 valence electrons. The van der Waals surface area contributed by atoms with Crippen molar-refractivity contribution in [1.29, 1.82) is 0 Å². The van der Waals surface area contributed by atoms with Crippen LogP contribution in [0, 0.1) is 0 Å². The zero-order valence-electron chi connectivity index (χ0n) is 12.1. The average molecular weight is 280 g/mol. The lowest BCUT2D eigenvalue weighted by Gasteiger charge is -2.36. The largest absolute Gasteiger partial charge is 0.312 e. The summed E-state index contributed by atoms with van der Waals surface area (Å²) in [5.41, 5.74) is 1.33. The van der Waals surface area contributed by atoms with Crippen molar-refractivity contribution in [3.05, 3.63) is 15.6 Å². The van der Waals surface area contributed by atoms with Gasteiger partial charge in [0, 0.05) is 24.5 Å². The van der Waals surface area contributed by atoms with Crippen LogP contribution in [-0.4, -0.2) is 55.6 Å². The summed E-state index contributed by atoms with van der Waals surface area (Å²) < 4.78 is 0. The number of aromatic nitrogens is 1. The van der Waals surface area contributed by atoms with Crippen LogP contribution < -0.4 is 5.32 Å². The summed E-state index contributed by atoms with van der Waals surface area (Å²) in [6.45, 7) is 3.41. The fourth-order valence-electron chi connectivity index (χ4n) is 3.14. The zero-order valence-corrected chi connectivity index (χ0v) is 13.0. The molecule has 5 heteroatoms. The maximum Gasteiger partial charge on any atom is 0.112 e. The number of thiazole rings is 1. The summed E-state index contributed by atoms with van der Waals surface area (Å²) in [4.78, 5) is 11.4. The predicted molar refractivity (Wildman–Crippen MR) is 79.7 cm³/mol. The number of nitrogens with one attached hydrogen (secondary N) is 1. The van der Waals surface area contributed by atoms with Gasteiger partial charge in [-0.3, -0.25) is 4.90 Å². The minimum atomic E-state index is 0.473. The first-order valence-corrected chi connectivity index (χ1v) is 8.06. The van der Waals surface area contributed by atoms with E-state index in [9.17, 15) is 0 Å². The lowest BCUT2D eigenvalue weighted by molar-refractivity contribution is 0.115. The van der Waals surface area contributed by atoms with Gasteiger partial charge in [0.1, 0.15) is 5.01 Å². The molecule has 1 fully saturated rings. The molecule has 1 N–H and O–H groups in total. The van der Waals surface area contributed by atoms with Crippen LogP contribution in [0.4, 0.5) is 0 Å². The van der Waals surface area contributed by atoms with Crippen LogP contribution >= 0.6 is 11.3 Å². The summed E-state index contributed by atoms with van der Waals surface area (Å²) in [5, 5.41) is 4.74. The van der Waals surface area contributed by atoms with E-state index in [1.165, 1.54) is 34.8 Å². The van der Waals surface area contributed by atoms with Gasteiger partial charge in [-0.25, -0.2) is 4.98 Å². The van der Waals surface area contributed by atoms with Crippen molar-refractivity contribution in [1.82, 2.24) is 20.1 Å². The van der Waals surface area contributed by atoms with Crippen molar-refractivity contribution < 1.29 is 0 Å². The fraction of sp³-hybridized carbons (Fsp3) is 0.786. The first kappa shape index (κ1) is 13.5.